The highest BCUT2D eigenvalue weighted by Gasteiger charge is 2.20. The van der Waals surface area contributed by atoms with E-state index in [4.69, 9.17) is 30.8 Å². The summed E-state index contributed by atoms with van der Waals surface area (Å²) in [4.78, 5) is 27.6. The number of phenols is 1. The van der Waals surface area contributed by atoms with Gasteiger partial charge in [0.25, 0.3) is 0 Å². The SMILES string of the molecule is CCCCc1nc2c(N)nc3cc(CN)ccc3c2n1Cc1cc(OP(=O)(O)O)ccc1O. The molecule has 174 valence electrons. The van der Waals surface area contributed by atoms with Gasteiger partial charge in [0, 0.05) is 23.9 Å². The summed E-state index contributed by atoms with van der Waals surface area (Å²) >= 11 is 0. The highest BCUT2D eigenvalue weighted by molar-refractivity contribution is 7.46. The fraction of sp³-hybridized carbons (Fsp3) is 0.273. The van der Waals surface area contributed by atoms with Crippen molar-refractivity contribution in [1.29, 1.82) is 0 Å². The average Bonchev–Trinajstić information content (AvgIpc) is 3.12. The second-order valence-electron chi connectivity index (χ2n) is 7.84. The summed E-state index contributed by atoms with van der Waals surface area (Å²) in [5.74, 6) is 0.991. The first-order valence-electron chi connectivity index (χ1n) is 10.5. The van der Waals surface area contributed by atoms with Gasteiger partial charge in [-0.05, 0) is 36.2 Å². The molecule has 11 heteroatoms. The zero-order chi connectivity index (χ0) is 23.8. The van der Waals surface area contributed by atoms with Crippen LogP contribution in [0, 0.1) is 0 Å². The van der Waals surface area contributed by atoms with Crippen LogP contribution in [0.2, 0.25) is 0 Å². The number of aryl methyl sites for hydroxylation is 1. The van der Waals surface area contributed by atoms with Crippen molar-refractivity contribution in [3.05, 3.63) is 53.3 Å². The number of unbranched alkanes of at least 4 members (excludes halogenated alkanes) is 1. The Morgan fingerprint density at radius 2 is 1.94 bits per heavy atom. The number of imidazole rings is 1. The molecule has 2 aromatic heterocycles. The molecule has 7 N–H and O–H groups in total. The summed E-state index contributed by atoms with van der Waals surface area (Å²) in [5, 5.41) is 11.3. The minimum absolute atomic E-state index is 0.0342. The van der Waals surface area contributed by atoms with E-state index in [1.807, 2.05) is 22.8 Å². The summed E-state index contributed by atoms with van der Waals surface area (Å²) in [7, 11) is -4.74. The van der Waals surface area contributed by atoms with Gasteiger partial charge in [-0.25, -0.2) is 14.5 Å². The van der Waals surface area contributed by atoms with Gasteiger partial charge in [-0.3, -0.25) is 9.79 Å². The summed E-state index contributed by atoms with van der Waals surface area (Å²) in [6.45, 7) is 2.65. The number of hydrogen-bond acceptors (Lipinski definition) is 7. The van der Waals surface area contributed by atoms with Gasteiger partial charge in [-0.1, -0.05) is 25.5 Å². The third kappa shape index (κ3) is 4.79. The van der Waals surface area contributed by atoms with Crippen molar-refractivity contribution >= 4 is 35.6 Å². The van der Waals surface area contributed by atoms with Gasteiger partial charge in [0.05, 0.1) is 17.6 Å². The van der Waals surface area contributed by atoms with Crippen LogP contribution in [0.1, 0.15) is 36.7 Å². The topological polar surface area (TPSA) is 170 Å². The standard InChI is InChI=1S/C22H26N5O5P/c1-2-3-4-19-26-20-21(16-7-5-13(11-23)9-17(16)25-22(20)24)27(19)12-14-10-15(6-8-18(14)28)32-33(29,30)31/h5-10,28H,2-4,11-12,23H2,1H3,(H2,24,25)(H2,29,30,31). The smallest absolute Gasteiger partial charge is 0.508 e. The minimum Gasteiger partial charge on any atom is -0.508 e. The van der Waals surface area contributed by atoms with Crippen molar-refractivity contribution in [3.8, 4) is 11.5 Å². The Balaban J connectivity index is 1.92. The second kappa shape index (κ2) is 8.99. The molecule has 0 atom stereocenters. The van der Waals surface area contributed by atoms with Crippen molar-refractivity contribution < 1.29 is 24.0 Å². The number of phosphoric acid groups is 1. The zero-order valence-corrected chi connectivity index (χ0v) is 19.0. The van der Waals surface area contributed by atoms with Gasteiger partial charge in [0.15, 0.2) is 5.82 Å². The normalized spacial score (nSPS) is 12.0. The molecule has 33 heavy (non-hydrogen) atoms. The van der Waals surface area contributed by atoms with Crippen LogP contribution in [-0.4, -0.2) is 29.4 Å². The minimum atomic E-state index is -4.74. The van der Waals surface area contributed by atoms with Crippen LogP contribution < -0.4 is 16.0 Å². The molecule has 0 aliphatic heterocycles. The predicted molar refractivity (Wildman–Crippen MR) is 126 cm³/mol. The third-order valence-electron chi connectivity index (χ3n) is 5.44. The lowest BCUT2D eigenvalue weighted by Gasteiger charge is -2.14. The maximum absolute atomic E-state index is 11.3. The zero-order valence-electron chi connectivity index (χ0n) is 18.1. The molecule has 4 aromatic rings. The van der Waals surface area contributed by atoms with Gasteiger partial charge >= 0.3 is 7.82 Å². The number of anilines is 1. The van der Waals surface area contributed by atoms with Crippen LogP contribution >= 0.6 is 7.82 Å². The van der Waals surface area contributed by atoms with E-state index in [-0.39, 0.29) is 18.0 Å². The number of aromatic nitrogens is 3. The number of rotatable bonds is 8. The molecular formula is C22H26N5O5P. The molecule has 10 nitrogen and oxygen atoms in total. The van der Waals surface area contributed by atoms with Gasteiger partial charge in [0.2, 0.25) is 0 Å². The van der Waals surface area contributed by atoms with Crippen LogP contribution in [0.3, 0.4) is 0 Å². The van der Waals surface area contributed by atoms with E-state index in [1.165, 1.54) is 18.2 Å². The Labute approximate surface area is 190 Å². The van der Waals surface area contributed by atoms with E-state index in [9.17, 15) is 9.67 Å². The number of pyridine rings is 1. The van der Waals surface area contributed by atoms with E-state index in [0.29, 0.717) is 35.4 Å². The molecule has 2 aromatic carbocycles. The first-order chi connectivity index (χ1) is 15.7. The molecule has 4 rings (SSSR count). The maximum Gasteiger partial charge on any atom is 0.524 e. The van der Waals surface area contributed by atoms with E-state index >= 15 is 0 Å². The number of fused-ring (bicyclic) bond motifs is 3. The number of benzene rings is 2. The molecule has 0 saturated carbocycles. The largest absolute Gasteiger partial charge is 0.524 e. The first-order valence-corrected chi connectivity index (χ1v) is 12.1. The summed E-state index contributed by atoms with van der Waals surface area (Å²) < 4.78 is 17.9. The number of aromatic hydroxyl groups is 1. The third-order valence-corrected chi connectivity index (χ3v) is 5.89. The number of phenolic OH excluding ortho intramolecular Hbond substituents is 1. The molecule has 0 aliphatic rings. The lowest BCUT2D eigenvalue weighted by molar-refractivity contribution is 0.283. The monoisotopic (exact) mass is 471 g/mol. The Hall–Kier alpha value is -3.17. The summed E-state index contributed by atoms with van der Waals surface area (Å²) in [6, 6.07) is 9.79. The van der Waals surface area contributed by atoms with Crippen LogP contribution in [0.25, 0.3) is 21.9 Å². The van der Waals surface area contributed by atoms with Crippen LogP contribution in [0.4, 0.5) is 5.82 Å². The number of phosphoric ester groups is 1. The van der Waals surface area contributed by atoms with E-state index in [0.717, 1.165) is 35.1 Å². The highest BCUT2D eigenvalue weighted by atomic mass is 31.2. The van der Waals surface area contributed by atoms with E-state index in [2.05, 4.69) is 11.9 Å². The van der Waals surface area contributed by atoms with Crippen LogP contribution in [0.15, 0.2) is 36.4 Å². The molecule has 0 unspecified atom stereocenters. The molecular weight excluding hydrogens is 445 g/mol. The van der Waals surface area contributed by atoms with Crippen molar-refractivity contribution in [2.45, 2.75) is 39.3 Å². The fourth-order valence-corrected chi connectivity index (χ4v) is 4.27. The Kier molecular flexibility index (Phi) is 6.27. The van der Waals surface area contributed by atoms with Crippen LogP contribution in [0.5, 0.6) is 11.5 Å². The fourth-order valence-electron chi connectivity index (χ4n) is 3.88. The quantitative estimate of drug-likeness (QED) is 0.242. The number of nitrogens with zero attached hydrogens (tertiary/aromatic N) is 3. The molecule has 0 fully saturated rings. The van der Waals surface area contributed by atoms with Gasteiger partial charge in [0.1, 0.15) is 22.8 Å². The van der Waals surface area contributed by atoms with Crippen molar-refractivity contribution in [3.63, 3.8) is 0 Å². The van der Waals surface area contributed by atoms with Crippen molar-refractivity contribution in [2.24, 2.45) is 5.73 Å². The van der Waals surface area contributed by atoms with Crippen molar-refractivity contribution in [1.82, 2.24) is 14.5 Å². The predicted octanol–water partition coefficient (Wildman–Crippen LogP) is 3.19. The molecule has 0 aliphatic carbocycles. The molecule has 0 radical (unpaired) electrons. The summed E-state index contributed by atoms with van der Waals surface area (Å²) in [5.41, 5.74) is 15.4. The summed E-state index contributed by atoms with van der Waals surface area (Å²) in [6.07, 6.45) is 2.56. The number of nitrogens with two attached hydrogens (primary N) is 2. The number of hydrogen-bond donors (Lipinski definition) is 5. The molecule has 0 bridgehead atoms. The average molecular weight is 471 g/mol. The lowest BCUT2D eigenvalue weighted by atomic mass is 10.1. The van der Waals surface area contributed by atoms with Gasteiger partial charge < -0.3 is 25.7 Å². The maximum atomic E-state index is 11.3. The van der Waals surface area contributed by atoms with Crippen LogP contribution in [-0.2, 0) is 24.1 Å². The Morgan fingerprint density at radius 3 is 2.64 bits per heavy atom. The van der Waals surface area contributed by atoms with E-state index in [1.54, 1.807) is 0 Å². The molecule has 0 amide bonds. The van der Waals surface area contributed by atoms with E-state index < -0.39 is 7.82 Å². The van der Waals surface area contributed by atoms with Crippen molar-refractivity contribution in [2.75, 3.05) is 5.73 Å². The second-order valence-corrected chi connectivity index (χ2v) is 9.00. The molecule has 0 spiro atoms. The molecule has 0 saturated heterocycles. The highest BCUT2D eigenvalue weighted by Crippen LogP contribution is 2.39. The van der Waals surface area contributed by atoms with Gasteiger partial charge in [-0.15, -0.1) is 0 Å². The van der Waals surface area contributed by atoms with Gasteiger partial charge in [-0.2, -0.15) is 0 Å². The number of nitrogen functional groups attached to an aromatic ring is 1. The first kappa shape index (κ1) is 23.0. The molecule has 2 heterocycles. The Bertz CT molecular complexity index is 1380. The lowest BCUT2D eigenvalue weighted by Crippen LogP contribution is -2.07. The Morgan fingerprint density at radius 1 is 1.15 bits per heavy atom.